The highest BCUT2D eigenvalue weighted by molar-refractivity contribution is 5.69. The van der Waals surface area contributed by atoms with Gasteiger partial charge >= 0.3 is 5.97 Å². The van der Waals surface area contributed by atoms with Crippen LogP contribution in [0.3, 0.4) is 0 Å². The van der Waals surface area contributed by atoms with Crippen molar-refractivity contribution in [2.75, 3.05) is 0 Å². The van der Waals surface area contributed by atoms with Crippen molar-refractivity contribution < 1.29 is 9.53 Å². The molecule has 0 rings (SSSR count). The second-order valence-corrected chi connectivity index (χ2v) is 4.15. The summed E-state index contributed by atoms with van der Waals surface area (Å²) in [6.45, 7) is 5.62. The number of nitrogens with zero attached hydrogens (tertiary/aromatic N) is 1. The first-order valence-electron chi connectivity index (χ1n) is 6.46. The van der Waals surface area contributed by atoms with E-state index in [1.807, 2.05) is 6.07 Å². The average Bonchev–Trinajstić information content (AvgIpc) is 2.34. The smallest absolute Gasteiger partial charge is 0.307 e. The highest BCUT2D eigenvalue weighted by Gasteiger charge is 2.08. The molecule has 0 radical (unpaired) electrons. The predicted molar refractivity (Wildman–Crippen MR) is 68.3 cm³/mol. The quantitative estimate of drug-likeness (QED) is 0.330. The van der Waals surface area contributed by atoms with Crippen LogP contribution in [0, 0.1) is 11.3 Å². The Labute approximate surface area is 104 Å². The zero-order chi connectivity index (χ0) is 12.9. The Hall–Kier alpha value is -1.30. The van der Waals surface area contributed by atoms with Gasteiger partial charge in [-0.1, -0.05) is 52.0 Å². The van der Waals surface area contributed by atoms with E-state index >= 15 is 0 Å². The maximum Gasteiger partial charge on any atom is 0.307 e. The molecule has 0 amide bonds. The van der Waals surface area contributed by atoms with E-state index in [1.165, 1.54) is 38.2 Å². The van der Waals surface area contributed by atoms with Gasteiger partial charge in [0, 0.05) is 6.42 Å². The van der Waals surface area contributed by atoms with Crippen LogP contribution >= 0.6 is 0 Å². The van der Waals surface area contributed by atoms with Gasteiger partial charge in [-0.2, -0.15) is 5.26 Å². The molecule has 0 saturated heterocycles. The monoisotopic (exact) mass is 237 g/mol. The third kappa shape index (κ3) is 9.62. The van der Waals surface area contributed by atoms with Crippen molar-refractivity contribution in [2.24, 2.45) is 0 Å². The van der Waals surface area contributed by atoms with Crippen molar-refractivity contribution in [1.82, 2.24) is 0 Å². The summed E-state index contributed by atoms with van der Waals surface area (Å²) in [5.41, 5.74) is 0. The zero-order valence-corrected chi connectivity index (χ0v) is 10.8. The summed E-state index contributed by atoms with van der Waals surface area (Å²) < 4.78 is 4.88. The summed E-state index contributed by atoms with van der Waals surface area (Å²) >= 11 is 0. The van der Waals surface area contributed by atoms with E-state index in [1.54, 1.807) is 0 Å². The number of hydrogen-bond donors (Lipinski definition) is 0. The highest BCUT2D eigenvalue weighted by atomic mass is 16.5. The van der Waals surface area contributed by atoms with Crippen LogP contribution in [-0.4, -0.2) is 12.1 Å². The lowest BCUT2D eigenvalue weighted by Gasteiger charge is -2.06. The summed E-state index contributed by atoms with van der Waals surface area (Å²) in [5.74, 6) is -0.301. The van der Waals surface area contributed by atoms with Gasteiger partial charge in [-0.05, 0) is 12.5 Å². The minimum Gasteiger partial charge on any atom is -0.443 e. The van der Waals surface area contributed by atoms with Crippen LogP contribution in [0.25, 0.3) is 0 Å². The topological polar surface area (TPSA) is 50.1 Å². The number of esters is 1. The number of hydrogen-bond acceptors (Lipinski definition) is 3. The number of ether oxygens (including phenoxy) is 1. The van der Waals surface area contributed by atoms with Gasteiger partial charge in [0.15, 0.2) is 0 Å². The number of carbonyl (C=O) groups is 1. The molecule has 3 heteroatoms. The number of nitriles is 1. The maximum atomic E-state index is 11.3. The Morgan fingerprint density at radius 2 is 1.88 bits per heavy atom. The van der Waals surface area contributed by atoms with Crippen LogP contribution in [0.5, 0.6) is 0 Å². The molecule has 0 aromatic rings. The summed E-state index contributed by atoms with van der Waals surface area (Å²) in [4.78, 5) is 11.3. The Morgan fingerprint density at radius 1 is 1.29 bits per heavy atom. The molecule has 0 saturated carbocycles. The van der Waals surface area contributed by atoms with E-state index in [0.717, 1.165) is 12.8 Å². The first-order valence-corrected chi connectivity index (χ1v) is 6.46. The number of rotatable bonds is 10. The molecule has 0 aliphatic heterocycles. The average molecular weight is 237 g/mol. The Bertz CT molecular complexity index is 255. The van der Waals surface area contributed by atoms with Crippen LogP contribution in [0.15, 0.2) is 12.7 Å². The van der Waals surface area contributed by atoms with Gasteiger partial charge in [0.1, 0.15) is 6.07 Å². The maximum absolute atomic E-state index is 11.3. The van der Waals surface area contributed by atoms with E-state index in [9.17, 15) is 4.79 Å². The van der Waals surface area contributed by atoms with Gasteiger partial charge in [0.25, 0.3) is 0 Å². The number of carbonyl (C=O) groups excluding carboxylic acids is 1. The van der Waals surface area contributed by atoms with Gasteiger partial charge in [0.2, 0.25) is 6.10 Å². The van der Waals surface area contributed by atoms with Crippen LogP contribution in [0.4, 0.5) is 0 Å². The lowest BCUT2D eigenvalue weighted by atomic mass is 10.1. The second kappa shape index (κ2) is 11.2. The van der Waals surface area contributed by atoms with E-state index in [4.69, 9.17) is 10.00 Å². The lowest BCUT2D eigenvalue weighted by Crippen LogP contribution is -2.13. The third-order valence-electron chi connectivity index (χ3n) is 2.58. The minimum atomic E-state index is -0.799. The second-order valence-electron chi connectivity index (χ2n) is 4.15. The fourth-order valence-corrected chi connectivity index (χ4v) is 1.55. The molecule has 96 valence electrons. The zero-order valence-electron chi connectivity index (χ0n) is 10.8. The van der Waals surface area contributed by atoms with Crippen LogP contribution < -0.4 is 0 Å². The van der Waals surface area contributed by atoms with Crippen molar-refractivity contribution in [3.05, 3.63) is 12.7 Å². The highest BCUT2D eigenvalue weighted by Crippen LogP contribution is 2.09. The Morgan fingerprint density at radius 3 is 2.41 bits per heavy atom. The number of unbranched alkanes of at least 4 members (excludes halogenated alkanes) is 6. The molecule has 0 aliphatic rings. The molecule has 0 aliphatic carbocycles. The molecule has 0 N–H and O–H groups in total. The fraction of sp³-hybridized carbons (Fsp3) is 0.714. The van der Waals surface area contributed by atoms with Crippen molar-refractivity contribution in [3.63, 3.8) is 0 Å². The van der Waals surface area contributed by atoms with Crippen LogP contribution in [0.2, 0.25) is 0 Å². The predicted octanol–water partition coefficient (Wildman–Crippen LogP) is 3.75. The van der Waals surface area contributed by atoms with Gasteiger partial charge in [0.05, 0.1) is 0 Å². The third-order valence-corrected chi connectivity index (χ3v) is 2.58. The molecular formula is C14H23NO2. The molecule has 0 aromatic carbocycles. The summed E-state index contributed by atoms with van der Waals surface area (Å²) in [6.07, 6.45) is 9.11. The van der Waals surface area contributed by atoms with Gasteiger partial charge in [-0.15, -0.1) is 0 Å². The molecule has 0 fully saturated rings. The van der Waals surface area contributed by atoms with Gasteiger partial charge < -0.3 is 4.74 Å². The first-order chi connectivity index (χ1) is 8.24. The van der Waals surface area contributed by atoms with Crippen molar-refractivity contribution >= 4 is 5.97 Å². The van der Waals surface area contributed by atoms with Crippen molar-refractivity contribution in [2.45, 2.75) is 64.4 Å². The molecule has 0 bridgehead atoms. The van der Waals surface area contributed by atoms with Crippen molar-refractivity contribution in [3.8, 4) is 6.07 Å². The van der Waals surface area contributed by atoms with E-state index in [-0.39, 0.29) is 5.97 Å². The molecular weight excluding hydrogens is 214 g/mol. The lowest BCUT2D eigenvalue weighted by molar-refractivity contribution is -0.144. The SMILES string of the molecule is C=CC(C#N)OC(=O)CCCCCCCCC. The van der Waals surface area contributed by atoms with Crippen LogP contribution in [-0.2, 0) is 9.53 Å². The summed E-state index contributed by atoms with van der Waals surface area (Å²) in [6, 6.07) is 1.85. The fourth-order valence-electron chi connectivity index (χ4n) is 1.55. The van der Waals surface area contributed by atoms with Gasteiger partial charge in [-0.25, -0.2) is 0 Å². The van der Waals surface area contributed by atoms with E-state index < -0.39 is 6.10 Å². The molecule has 0 aromatic heterocycles. The Kier molecular flexibility index (Phi) is 10.3. The normalized spacial score (nSPS) is 11.5. The summed E-state index contributed by atoms with van der Waals surface area (Å²) in [7, 11) is 0. The van der Waals surface area contributed by atoms with E-state index in [0.29, 0.717) is 6.42 Å². The standard InChI is InChI=1S/C14H23NO2/c1-3-5-6-7-8-9-10-11-14(16)17-13(4-2)12-15/h4,13H,2-3,5-11H2,1H3. The molecule has 1 unspecified atom stereocenters. The minimum absolute atomic E-state index is 0.301. The first kappa shape index (κ1) is 15.7. The van der Waals surface area contributed by atoms with Crippen molar-refractivity contribution in [1.29, 1.82) is 5.26 Å². The molecule has 0 heterocycles. The molecule has 0 spiro atoms. The molecule has 17 heavy (non-hydrogen) atoms. The molecule has 1 atom stereocenters. The molecule has 3 nitrogen and oxygen atoms in total. The largest absolute Gasteiger partial charge is 0.443 e. The summed E-state index contributed by atoms with van der Waals surface area (Å²) in [5, 5.41) is 8.57. The van der Waals surface area contributed by atoms with Crippen LogP contribution in [0.1, 0.15) is 58.3 Å². The van der Waals surface area contributed by atoms with Gasteiger partial charge in [-0.3, -0.25) is 4.79 Å². The van der Waals surface area contributed by atoms with E-state index in [2.05, 4.69) is 13.5 Å². The Balaban J connectivity index is 3.39.